The molecular weight excluding hydrogens is 573 g/mol. The van der Waals surface area contributed by atoms with Crippen molar-refractivity contribution in [2.45, 2.75) is 70.4 Å². The van der Waals surface area contributed by atoms with Gasteiger partial charge in [0.25, 0.3) is 0 Å². The monoisotopic (exact) mass is 602 g/mol. The van der Waals surface area contributed by atoms with E-state index in [1.807, 2.05) is 19.9 Å². The summed E-state index contributed by atoms with van der Waals surface area (Å²) in [6, 6.07) is 6.97. The average molecular weight is 603 g/mol. The first kappa shape index (κ1) is 28.5. The van der Waals surface area contributed by atoms with E-state index < -0.39 is 35.8 Å². The molecule has 0 amide bonds. The summed E-state index contributed by atoms with van der Waals surface area (Å²) < 4.78 is 42.5. The fraction of sp³-hybridized carbons (Fsp3) is 0.429. The van der Waals surface area contributed by atoms with Crippen LogP contribution in [0.1, 0.15) is 48.5 Å². The van der Waals surface area contributed by atoms with Crippen LogP contribution in [0.2, 0.25) is 0 Å². The van der Waals surface area contributed by atoms with Gasteiger partial charge in [-0.15, -0.1) is 24.5 Å². The minimum Gasteiger partial charge on any atom is -0.406 e. The topological polar surface area (TPSA) is 146 Å². The molecule has 14 heteroatoms. The van der Waals surface area contributed by atoms with Crippen molar-refractivity contribution < 1.29 is 33.2 Å². The molecule has 3 aromatic heterocycles. The standard InChI is InChI=1S/C28H29F3N6O4S/c1-12-11-19-21(15(4)32-12)35-24(42-19)20-14(3)34-25(33-13(2)16-5-7-17(8-6-16)41-28(29,30)31)36-23(20)37-26(39)10-9-18-22(38)27(18,26)40/h5-8,11,13,18,22,38-40H,9-10H2,1-4H3,(H2,33,34,36,37). The minimum absolute atomic E-state index is 0.179. The fourth-order valence-electron chi connectivity index (χ4n) is 5.83. The molecule has 1 aromatic carbocycles. The molecule has 222 valence electrons. The number of fused-ring (bicyclic) bond motifs is 2. The lowest BCUT2D eigenvalue weighted by molar-refractivity contribution is -0.274. The zero-order valence-electron chi connectivity index (χ0n) is 23.1. The van der Waals surface area contributed by atoms with Crippen LogP contribution < -0.4 is 15.4 Å². The number of pyridine rings is 1. The molecule has 2 saturated carbocycles. The highest BCUT2D eigenvalue weighted by Crippen LogP contribution is 2.61. The largest absolute Gasteiger partial charge is 0.573 e. The molecule has 0 aliphatic heterocycles. The zero-order chi connectivity index (χ0) is 30.2. The zero-order valence-corrected chi connectivity index (χ0v) is 23.9. The van der Waals surface area contributed by atoms with Crippen molar-refractivity contribution >= 4 is 33.3 Å². The van der Waals surface area contributed by atoms with Crippen LogP contribution in [-0.2, 0) is 0 Å². The maximum absolute atomic E-state index is 12.6. The van der Waals surface area contributed by atoms with Gasteiger partial charge in [-0.25, -0.2) is 9.97 Å². The Hall–Kier alpha value is -3.59. The second kappa shape index (κ2) is 9.73. The van der Waals surface area contributed by atoms with Crippen LogP contribution in [-0.4, -0.2) is 59.0 Å². The number of anilines is 2. The third-order valence-electron chi connectivity index (χ3n) is 8.04. The van der Waals surface area contributed by atoms with E-state index >= 15 is 0 Å². The van der Waals surface area contributed by atoms with Gasteiger partial charge in [0.2, 0.25) is 5.95 Å². The molecule has 0 spiro atoms. The highest BCUT2D eigenvalue weighted by molar-refractivity contribution is 7.21. The molecular formula is C28H29F3N6O4S. The first-order valence-corrected chi connectivity index (χ1v) is 14.2. The summed E-state index contributed by atoms with van der Waals surface area (Å²) in [6.07, 6.45) is -5.22. The molecule has 6 rings (SSSR count). The number of ether oxygens (including phenoxy) is 1. The van der Waals surface area contributed by atoms with E-state index in [0.717, 1.165) is 21.6 Å². The van der Waals surface area contributed by atoms with E-state index in [9.17, 15) is 28.5 Å². The first-order valence-electron chi connectivity index (χ1n) is 13.4. The van der Waals surface area contributed by atoms with Crippen molar-refractivity contribution in [1.82, 2.24) is 19.9 Å². The predicted molar refractivity (Wildman–Crippen MR) is 150 cm³/mol. The summed E-state index contributed by atoms with van der Waals surface area (Å²) in [5.74, 6) is -0.384. The molecule has 5 unspecified atom stereocenters. The Morgan fingerprint density at radius 2 is 1.76 bits per heavy atom. The van der Waals surface area contributed by atoms with Crippen molar-refractivity contribution in [2.24, 2.45) is 5.92 Å². The van der Waals surface area contributed by atoms with E-state index in [4.69, 9.17) is 4.98 Å². The molecule has 10 nitrogen and oxygen atoms in total. The number of aliphatic hydroxyl groups excluding tert-OH is 1. The van der Waals surface area contributed by atoms with Crippen LogP contribution in [0.5, 0.6) is 5.75 Å². The summed E-state index contributed by atoms with van der Waals surface area (Å²) in [4.78, 5) is 18.6. The fourth-order valence-corrected chi connectivity index (χ4v) is 7.04. The quantitative estimate of drug-likeness (QED) is 0.188. The van der Waals surface area contributed by atoms with Crippen molar-refractivity contribution in [3.63, 3.8) is 0 Å². The molecule has 2 aliphatic carbocycles. The summed E-state index contributed by atoms with van der Waals surface area (Å²) >= 11 is 1.42. The van der Waals surface area contributed by atoms with Gasteiger partial charge < -0.3 is 30.7 Å². The molecule has 2 fully saturated rings. The average Bonchev–Trinajstić information content (AvgIpc) is 3.13. The molecule has 0 radical (unpaired) electrons. The number of aliphatic hydroxyl groups is 3. The number of rotatable bonds is 7. The van der Waals surface area contributed by atoms with Gasteiger partial charge in [0, 0.05) is 11.6 Å². The third kappa shape index (κ3) is 4.81. The van der Waals surface area contributed by atoms with Crippen molar-refractivity contribution in [3.8, 4) is 16.3 Å². The second-order valence-electron chi connectivity index (χ2n) is 11.0. The van der Waals surface area contributed by atoms with E-state index in [1.165, 1.54) is 35.6 Å². The van der Waals surface area contributed by atoms with E-state index in [0.29, 0.717) is 28.2 Å². The van der Waals surface area contributed by atoms with Gasteiger partial charge in [-0.3, -0.25) is 4.98 Å². The molecule has 3 heterocycles. The van der Waals surface area contributed by atoms with Crippen LogP contribution in [0.25, 0.3) is 20.8 Å². The van der Waals surface area contributed by atoms with Crippen molar-refractivity contribution in [3.05, 3.63) is 53.0 Å². The molecule has 42 heavy (non-hydrogen) atoms. The number of aryl methyl sites for hydroxylation is 3. The van der Waals surface area contributed by atoms with Crippen molar-refractivity contribution in [2.75, 3.05) is 10.6 Å². The molecule has 0 bridgehead atoms. The van der Waals surface area contributed by atoms with Gasteiger partial charge in [0.1, 0.15) is 27.7 Å². The number of nitrogens with one attached hydrogen (secondary N) is 2. The number of nitrogens with zero attached hydrogens (tertiary/aromatic N) is 4. The third-order valence-corrected chi connectivity index (χ3v) is 9.06. The Kier molecular flexibility index (Phi) is 6.61. The molecule has 5 atom stereocenters. The van der Waals surface area contributed by atoms with Crippen LogP contribution in [0.3, 0.4) is 0 Å². The summed E-state index contributed by atoms with van der Waals surface area (Å²) in [7, 11) is 0. The first-order chi connectivity index (χ1) is 19.7. The number of aromatic nitrogens is 4. The summed E-state index contributed by atoms with van der Waals surface area (Å²) in [6.45, 7) is 7.34. The Morgan fingerprint density at radius 1 is 1.05 bits per heavy atom. The van der Waals surface area contributed by atoms with Crippen LogP contribution in [0.15, 0.2) is 30.3 Å². The Labute approximate surface area is 242 Å². The number of hydrogen-bond donors (Lipinski definition) is 5. The van der Waals surface area contributed by atoms with E-state index in [-0.39, 0.29) is 23.9 Å². The van der Waals surface area contributed by atoms with Gasteiger partial charge in [-0.1, -0.05) is 12.1 Å². The van der Waals surface area contributed by atoms with Crippen molar-refractivity contribution in [1.29, 1.82) is 0 Å². The van der Waals surface area contributed by atoms with Crippen LogP contribution in [0, 0.1) is 26.7 Å². The van der Waals surface area contributed by atoms with Gasteiger partial charge in [-0.2, -0.15) is 4.98 Å². The lowest BCUT2D eigenvalue weighted by Crippen LogP contribution is -2.51. The highest BCUT2D eigenvalue weighted by atomic mass is 32.1. The lowest BCUT2D eigenvalue weighted by atomic mass is 10.0. The molecule has 5 N–H and O–H groups in total. The molecule has 2 aliphatic rings. The van der Waals surface area contributed by atoms with Crippen LogP contribution in [0.4, 0.5) is 24.9 Å². The van der Waals surface area contributed by atoms with Gasteiger partial charge >= 0.3 is 6.36 Å². The maximum Gasteiger partial charge on any atom is 0.573 e. The highest BCUT2D eigenvalue weighted by Gasteiger charge is 2.78. The number of thiazole rings is 1. The number of alkyl halides is 3. The minimum atomic E-state index is -4.79. The van der Waals surface area contributed by atoms with Gasteiger partial charge in [-0.05, 0) is 64.3 Å². The SMILES string of the molecule is Cc1cc2sc(-c3c(C)nc(NC(C)c4ccc(OC(F)(F)F)cc4)nc3NC3(O)CCC4C(O)C43O)nc2c(C)n1. The summed E-state index contributed by atoms with van der Waals surface area (Å²) in [5, 5.41) is 39.6. The number of benzene rings is 1. The Morgan fingerprint density at radius 3 is 2.40 bits per heavy atom. The van der Waals surface area contributed by atoms with Gasteiger partial charge in [0.05, 0.1) is 33.8 Å². The maximum atomic E-state index is 12.6. The van der Waals surface area contributed by atoms with E-state index in [2.05, 4.69) is 30.3 Å². The predicted octanol–water partition coefficient (Wildman–Crippen LogP) is 4.76. The normalized spacial score (nSPS) is 25.8. The number of halogens is 3. The van der Waals surface area contributed by atoms with Gasteiger partial charge in [0.15, 0.2) is 5.72 Å². The smallest absolute Gasteiger partial charge is 0.406 e. The van der Waals surface area contributed by atoms with E-state index in [1.54, 1.807) is 13.8 Å². The Balaban J connectivity index is 1.37. The summed E-state index contributed by atoms with van der Waals surface area (Å²) in [5.41, 5.74) is 0.507. The lowest BCUT2D eigenvalue weighted by Gasteiger charge is -2.33. The Bertz CT molecular complexity index is 1680. The molecule has 0 saturated heterocycles. The second-order valence-corrected chi connectivity index (χ2v) is 12.0. The number of hydrogen-bond acceptors (Lipinski definition) is 11. The molecule has 4 aromatic rings. The van der Waals surface area contributed by atoms with Crippen LogP contribution >= 0.6 is 11.3 Å².